The summed E-state index contributed by atoms with van der Waals surface area (Å²) in [5.41, 5.74) is 8.82. The molecule has 4 heteroatoms. The zero-order valence-electron chi connectivity index (χ0n) is 10.3. The van der Waals surface area contributed by atoms with E-state index in [1.165, 1.54) is 0 Å². The van der Waals surface area contributed by atoms with Gasteiger partial charge in [0.2, 0.25) is 0 Å². The predicted octanol–water partition coefficient (Wildman–Crippen LogP) is 2.83. The van der Waals surface area contributed by atoms with Gasteiger partial charge in [-0.15, -0.1) is 0 Å². The Morgan fingerprint density at radius 3 is 2.83 bits per heavy atom. The van der Waals surface area contributed by atoms with Crippen LogP contribution in [0.5, 0.6) is 0 Å². The van der Waals surface area contributed by atoms with Crippen molar-refractivity contribution in [2.75, 3.05) is 11.9 Å². The van der Waals surface area contributed by atoms with E-state index >= 15 is 0 Å². The molecule has 0 aliphatic rings. The molecule has 0 unspecified atom stereocenters. The molecule has 2 rings (SSSR count). The van der Waals surface area contributed by atoms with Gasteiger partial charge in [-0.1, -0.05) is 23.7 Å². The van der Waals surface area contributed by atoms with Crippen LogP contribution in [0.3, 0.4) is 0 Å². The van der Waals surface area contributed by atoms with Crippen LogP contribution in [0.25, 0.3) is 0 Å². The van der Waals surface area contributed by atoms with Crippen LogP contribution in [0.15, 0.2) is 42.6 Å². The largest absolute Gasteiger partial charge is 0.369 e. The summed E-state index contributed by atoms with van der Waals surface area (Å²) in [6.07, 6.45) is 1.76. The number of pyridine rings is 1. The Bertz CT molecular complexity index is 528. The highest BCUT2D eigenvalue weighted by molar-refractivity contribution is 6.30. The lowest BCUT2D eigenvalue weighted by molar-refractivity contribution is 0.884. The highest BCUT2D eigenvalue weighted by Gasteiger charge is 2.07. The predicted molar refractivity (Wildman–Crippen MR) is 75.7 cm³/mol. The Morgan fingerprint density at radius 2 is 2.11 bits per heavy atom. The zero-order valence-corrected chi connectivity index (χ0v) is 11.1. The van der Waals surface area contributed by atoms with Crippen molar-refractivity contribution < 1.29 is 0 Å². The summed E-state index contributed by atoms with van der Waals surface area (Å²) in [5, 5.41) is 0.756. The second-order valence-electron chi connectivity index (χ2n) is 4.16. The number of hydrogen-bond acceptors (Lipinski definition) is 3. The molecule has 2 N–H and O–H groups in total. The van der Waals surface area contributed by atoms with Gasteiger partial charge in [-0.25, -0.2) is 0 Å². The highest BCUT2D eigenvalue weighted by atomic mass is 35.5. The van der Waals surface area contributed by atoms with Crippen molar-refractivity contribution in [3.05, 3.63) is 58.9 Å². The molecule has 0 atom stereocenters. The number of anilines is 1. The monoisotopic (exact) mass is 261 g/mol. The molecule has 1 aromatic heterocycles. The molecule has 18 heavy (non-hydrogen) atoms. The molecule has 1 aromatic carbocycles. The first-order valence-electron chi connectivity index (χ1n) is 5.80. The molecule has 94 valence electrons. The molecule has 0 saturated carbocycles. The van der Waals surface area contributed by atoms with E-state index in [-0.39, 0.29) is 0 Å². The van der Waals surface area contributed by atoms with E-state index in [0.29, 0.717) is 6.54 Å². The van der Waals surface area contributed by atoms with E-state index < -0.39 is 0 Å². The number of nitrogens with two attached hydrogens (primary N) is 1. The molecule has 1 heterocycles. The molecule has 0 amide bonds. The van der Waals surface area contributed by atoms with Gasteiger partial charge >= 0.3 is 0 Å². The number of nitrogens with zero attached hydrogens (tertiary/aromatic N) is 2. The van der Waals surface area contributed by atoms with Crippen LogP contribution in [-0.4, -0.2) is 12.0 Å². The Balaban J connectivity index is 2.19. The second-order valence-corrected chi connectivity index (χ2v) is 4.60. The van der Waals surface area contributed by atoms with Crippen LogP contribution in [0, 0.1) is 0 Å². The van der Waals surface area contributed by atoms with Gasteiger partial charge in [0.05, 0.1) is 11.4 Å². The van der Waals surface area contributed by atoms with Crippen molar-refractivity contribution in [3.8, 4) is 0 Å². The molecule has 0 aliphatic carbocycles. The summed E-state index contributed by atoms with van der Waals surface area (Å²) in [4.78, 5) is 6.41. The van der Waals surface area contributed by atoms with Crippen molar-refractivity contribution in [1.82, 2.24) is 4.98 Å². The molecule has 0 bridgehead atoms. The van der Waals surface area contributed by atoms with Gasteiger partial charge in [0, 0.05) is 31.4 Å². The minimum Gasteiger partial charge on any atom is -0.369 e. The molecule has 0 spiro atoms. The van der Waals surface area contributed by atoms with Gasteiger partial charge in [-0.05, 0) is 29.8 Å². The summed E-state index contributed by atoms with van der Waals surface area (Å²) < 4.78 is 0. The van der Waals surface area contributed by atoms with Gasteiger partial charge in [-0.3, -0.25) is 4.98 Å². The highest BCUT2D eigenvalue weighted by Crippen LogP contribution is 2.19. The fourth-order valence-electron chi connectivity index (χ4n) is 1.93. The SMILES string of the molecule is CN(Cc1cccc(Cl)c1)c1cccnc1CN. The Morgan fingerprint density at radius 1 is 1.28 bits per heavy atom. The maximum absolute atomic E-state index is 5.98. The lowest BCUT2D eigenvalue weighted by atomic mass is 10.2. The van der Waals surface area contributed by atoms with Gasteiger partial charge < -0.3 is 10.6 Å². The Labute approximate surface area is 112 Å². The van der Waals surface area contributed by atoms with Gasteiger partial charge in [-0.2, -0.15) is 0 Å². The minimum atomic E-state index is 0.441. The van der Waals surface area contributed by atoms with E-state index in [9.17, 15) is 0 Å². The summed E-state index contributed by atoms with van der Waals surface area (Å²) in [6, 6.07) is 11.8. The summed E-state index contributed by atoms with van der Waals surface area (Å²) >= 11 is 5.98. The molecule has 0 fully saturated rings. The molecular formula is C14H16ClN3. The van der Waals surface area contributed by atoms with Crippen LogP contribution in [-0.2, 0) is 13.1 Å². The first kappa shape index (κ1) is 12.9. The number of halogens is 1. The average molecular weight is 262 g/mol. The van der Waals surface area contributed by atoms with Gasteiger partial charge in [0.1, 0.15) is 0 Å². The molecule has 2 aromatic rings. The van der Waals surface area contributed by atoms with Crippen molar-refractivity contribution >= 4 is 17.3 Å². The van der Waals surface area contributed by atoms with Crippen LogP contribution < -0.4 is 10.6 Å². The normalized spacial score (nSPS) is 10.4. The maximum atomic E-state index is 5.98. The number of benzene rings is 1. The van der Waals surface area contributed by atoms with E-state index in [0.717, 1.165) is 28.5 Å². The van der Waals surface area contributed by atoms with Crippen molar-refractivity contribution in [2.45, 2.75) is 13.1 Å². The van der Waals surface area contributed by atoms with E-state index in [4.69, 9.17) is 17.3 Å². The van der Waals surface area contributed by atoms with Crippen LogP contribution in [0.2, 0.25) is 5.02 Å². The molecule has 3 nitrogen and oxygen atoms in total. The van der Waals surface area contributed by atoms with Gasteiger partial charge in [0.15, 0.2) is 0 Å². The third-order valence-corrected chi connectivity index (χ3v) is 3.01. The van der Waals surface area contributed by atoms with Crippen molar-refractivity contribution in [2.24, 2.45) is 5.73 Å². The summed E-state index contributed by atoms with van der Waals surface area (Å²) in [7, 11) is 2.02. The van der Waals surface area contributed by atoms with Crippen LogP contribution in [0.1, 0.15) is 11.3 Å². The second kappa shape index (κ2) is 5.85. The fraction of sp³-hybridized carbons (Fsp3) is 0.214. The molecule has 0 aliphatic heterocycles. The average Bonchev–Trinajstić information content (AvgIpc) is 2.38. The summed E-state index contributed by atoms with van der Waals surface area (Å²) in [5.74, 6) is 0. The molecular weight excluding hydrogens is 246 g/mol. The maximum Gasteiger partial charge on any atom is 0.0772 e. The molecule has 0 radical (unpaired) electrons. The van der Waals surface area contributed by atoms with Crippen LogP contribution >= 0.6 is 11.6 Å². The first-order chi connectivity index (χ1) is 8.70. The first-order valence-corrected chi connectivity index (χ1v) is 6.18. The van der Waals surface area contributed by atoms with Crippen molar-refractivity contribution in [3.63, 3.8) is 0 Å². The zero-order chi connectivity index (χ0) is 13.0. The number of rotatable bonds is 4. The number of aromatic nitrogens is 1. The topological polar surface area (TPSA) is 42.2 Å². The van der Waals surface area contributed by atoms with E-state index in [1.807, 2.05) is 37.4 Å². The number of hydrogen-bond donors (Lipinski definition) is 1. The van der Waals surface area contributed by atoms with Crippen molar-refractivity contribution in [1.29, 1.82) is 0 Å². The van der Waals surface area contributed by atoms with Gasteiger partial charge in [0.25, 0.3) is 0 Å². The standard InChI is InChI=1S/C14H16ClN3/c1-18(10-11-4-2-5-12(15)8-11)14-6-3-7-17-13(14)9-16/h2-8H,9-10,16H2,1H3. The smallest absolute Gasteiger partial charge is 0.0772 e. The lowest BCUT2D eigenvalue weighted by Gasteiger charge is -2.21. The third-order valence-electron chi connectivity index (χ3n) is 2.78. The lowest BCUT2D eigenvalue weighted by Crippen LogP contribution is -2.19. The quantitative estimate of drug-likeness (QED) is 0.920. The van der Waals surface area contributed by atoms with E-state index in [2.05, 4.69) is 16.0 Å². The molecule has 0 saturated heterocycles. The third kappa shape index (κ3) is 3.00. The summed E-state index contributed by atoms with van der Waals surface area (Å²) in [6.45, 7) is 1.22. The minimum absolute atomic E-state index is 0.441. The Kier molecular flexibility index (Phi) is 4.18. The fourth-order valence-corrected chi connectivity index (χ4v) is 2.14. The van der Waals surface area contributed by atoms with Crippen LogP contribution in [0.4, 0.5) is 5.69 Å². The van der Waals surface area contributed by atoms with E-state index in [1.54, 1.807) is 6.20 Å². The Hall–Kier alpha value is -1.58.